The minimum absolute atomic E-state index is 0.00757. The van der Waals surface area contributed by atoms with Gasteiger partial charge in [0.15, 0.2) is 47.7 Å². The van der Waals surface area contributed by atoms with Crippen LogP contribution >= 0.6 is 15.4 Å². The van der Waals surface area contributed by atoms with Crippen LogP contribution in [0.2, 0.25) is 0 Å². The second-order valence-corrected chi connectivity index (χ2v) is 20.6. The summed E-state index contributed by atoms with van der Waals surface area (Å²) in [6, 6.07) is 0. The Morgan fingerprint density at radius 3 is 1.74 bits per heavy atom. The fourth-order valence-electron chi connectivity index (χ4n) is 6.56. The van der Waals surface area contributed by atoms with Crippen LogP contribution in [0.4, 0.5) is 20.4 Å². The first-order valence-corrected chi connectivity index (χ1v) is 22.0. The fraction of sp³-hybridized carbons (Fsp3) is 0.647. The molecule has 3 fully saturated rings. The van der Waals surface area contributed by atoms with Crippen LogP contribution in [0.3, 0.4) is 0 Å². The molecule has 61 heavy (non-hydrogen) atoms. The number of nitrogen functional groups attached to an aromatic ring is 2. The molecule has 3 aliphatic rings. The van der Waals surface area contributed by atoms with Crippen molar-refractivity contribution in [1.29, 1.82) is 0 Å². The molecule has 4 N–H and O–H groups in total. The van der Waals surface area contributed by atoms with E-state index in [1.165, 1.54) is 28.7 Å². The van der Waals surface area contributed by atoms with E-state index < -0.39 is 120 Å². The van der Waals surface area contributed by atoms with Gasteiger partial charge in [0.2, 0.25) is 13.6 Å². The Hall–Kier alpha value is -4.32. The smallest absolute Gasteiger partial charge is 0.438 e. The van der Waals surface area contributed by atoms with Gasteiger partial charge >= 0.3 is 27.4 Å². The Kier molecular flexibility index (Phi) is 12.3. The van der Waals surface area contributed by atoms with Gasteiger partial charge in [0.25, 0.3) is 0 Å². The van der Waals surface area contributed by atoms with Crippen LogP contribution in [0.5, 0.6) is 0 Å². The standard InChI is InChI=1S/C34H46F2N10O13P2/c1-16-8-17-23(19(35)29(56-17)45-12-43-21-25(37)39-10-41-27(21)45)59-61(50,55-15-52-32(48)34(5,6)7)53-9-18-24(58-60(16,49)54-14-51-31(47)33(2,3)4)20(36)30(57-18)46-13-44-22-26(38)40-11-42-28(22)46/h10-13,16-20,23-24,29-30H,8-9,14-15H2,1-7H3,(H2,37,39,41)(H2,38,40,42)/t16?,17?,18-,19-,20-,23-,24-,29-,30-,60?,61?/m1/s1. The number of rotatable bonds is 8. The molecule has 0 aromatic carbocycles. The number of alkyl halides is 2. The number of fused-ring (bicyclic) bond motifs is 4. The van der Waals surface area contributed by atoms with Crippen LogP contribution in [-0.4, -0.2) is 114 Å². The summed E-state index contributed by atoms with van der Waals surface area (Å²) in [5.74, 6) is -1.49. The third kappa shape index (κ3) is 8.98. The van der Waals surface area contributed by atoms with Crippen molar-refractivity contribution in [2.75, 3.05) is 31.7 Å². The van der Waals surface area contributed by atoms with E-state index in [2.05, 4.69) is 29.9 Å². The van der Waals surface area contributed by atoms with Gasteiger partial charge in [-0.2, -0.15) is 0 Å². The molecule has 7 rings (SSSR count). The quantitative estimate of drug-likeness (QED) is 0.141. The number of phosphoric ester groups is 1. The molecule has 3 aliphatic heterocycles. The van der Waals surface area contributed by atoms with Crippen LogP contribution in [0.25, 0.3) is 22.3 Å². The first-order chi connectivity index (χ1) is 28.6. The lowest BCUT2D eigenvalue weighted by molar-refractivity contribution is -0.161. The molecular weight excluding hydrogens is 856 g/mol. The van der Waals surface area contributed by atoms with Crippen molar-refractivity contribution < 1.29 is 69.1 Å². The molecule has 0 radical (unpaired) electrons. The van der Waals surface area contributed by atoms with E-state index in [1.54, 1.807) is 41.5 Å². The monoisotopic (exact) mass is 902 g/mol. The van der Waals surface area contributed by atoms with E-state index in [-0.39, 0.29) is 34.0 Å². The highest BCUT2D eigenvalue weighted by Gasteiger charge is 2.57. The summed E-state index contributed by atoms with van der Waals surface area (Å²) < 4.78 is 118. The van der Waals surface area contributed by atoms with Gasteiger partial charge in [-0.1, -0.05) is 6.92 Å². The van der Waals surface area contributed by atoms with Gasteiger partial charge in [-0.15, -0.1) is 0 Å². The topological polar surface area (TPSA) is 291 Å². The van der Waals surface area contributed by atoms with Gasteiger partial charge < -0.3 is 30.4 Å². The highest BCUT2D eigenvalue weighted by molar-refractivity contribution is 7.54. The number of hydrogen-bond acceptors (Lipinski definition) is 21. The summed E-state index contributed by atoms with van der Waals surface area (Å²) in [7, 11) is -9.77. The zero-order valence-corrected chi connectivity index (χ0v) is 35.8. The van der Waals surface area contributed by atoms with E-state index in [1.807, 2.05) is 0 Å². The first-order valence-electron chi connectivity index (χ1n) is 18.9. The zero-order chi connectivity index (χ0) is 44.2. The van der Waals surface area contributed by atoms with Gasteiger partial charge in [-0.25, -0.2) is 47.8 Å². The molecule has 7 heterocycles. The molecule has 4 aromatic heterocycles. The predicted octanol–water partition coefficient (Wildman–Crippen LogP) is 4.31. The Bertz CT molecular complexity index is 2380. The van der Waals surface area contributed by atoms with Crippen LogP contribution < -0.4 is 11.5 Å². The molecular formula is C34H46F2N10O13P2. The summed E-state index contributed by atoms with van der Waals surface area (Å²) in [4.78, 5) is 49.8. The van der Waals surface area contributed by atoms with Gasteiger partial charge in [-0.05, 0) is 48.0 Å². The maximum absolute atomic E-state index is 17.0. The predicted molar refractivity (Wildman–Crippen MR) is 205 cm³/mol. The van der Waals surface area contributed by atoms with Crippen molar-refractivity contribution in [3.63, 3.8) is 0 Å². The van der Waals surface area contributed by atoms with Crippen molar-refractivity contribution in [1.82, 2.24) is 39.0 Å². The third-order valence-corrected chi connectivity index (χ3v) is 13.6. The molecule has 0 amide bonds. The molecule has 4 unspecified atom stereocenters. The Balaban J connectivity index is 1.27. The van der Waals surface area contributed by atoms with E-state index in [9.17, 15) is 14.2 Å². The van der Waals surface area contributed by atoms with Crippen molar-refractivity contribution in [2.24, 2.45) is 10.8 Å². The lowest BCUT2D eigenvalue weighted by Crippen LogP contribution is -2.38. The number of aromatic nitrogens is 8. The summed E-state index contributed by atoms with van der Waals surface area (Å²) in [5.41, 5.74) is 8.99. The zero-order valence-electron chi connectivity index (χ0n) is 34.0. The molecule has 27 heteroatoms. The third-order valence-electron chi connectivity index (χ3n) is 9.93. The van der Waals surface area contributed by atoms with E-state index >= 15 is 13.3 Å². The summed E-state index contributed by atoms with van der Waals surface area (Å²) in [5, 5.41) is 0. The van der Waals surface area contributed by atoms with Crippen molar-refractivity contribution >= 4 is 61.3 Å². The second-order valence-electron chi connectivity index (χ2n) is 16.6. The molecule has 0 bridgehead atoms. The largest absolute Gasteiger partial charge is 0.478 e. The van der Waals surface area contributed by atoms with E-state index in [4.69, 9.17) is 53.0 Å². The number of phosphoric acid groups is 1. The number of anilines is 2. The van der Waals surface area contributed by atoms with E-state index in [0.717, 1.165) is 12.7 Å². The van der Waals surface area contributed by atoms with Crippen molar-refractivity contribution in [3.05, 3.63) is 25.3 Å². The number of halogens is 2. The van der Waals surface area contributed by atoms with Gasteiger partial charge in [0.1, 0.15) is 42.0 Å². The SMILES string of the molecule is CC1CC2O[C@@H](n3cnc4c(N)ncnc43)[C@H](F)[C@@H]2OP(=O)(OCOC(=O)C(C)(C)C)OC[C@H]2O[C@@H](n3cnc4c(N)ncnc43)[C@H](F)[C@@H]2OP1(=O)OCOC(=O)C(C)(C)C. The Labute approximate surface area is 346 Å². The molecule has 0 saturated carbocycles. The second kappa shape index (κ2) is 16.8. The summed E-state index contributed by atoms with van der Waals surface area (Å²) in [6.45, 7) is 8.07. The van der Waals surface area contributed by atoms with Gasteiger partial charge in [-0.3, -0.25) is 41.4 Å². The maximum atomic E-state index is 17.0. The number of esters is 2. The Morgan fingerprint density at radius 1 is 0.754 bits per heavy atom. The number of hydrogen-bond donors (Lipinski definition) is 2. The summed E-state index contributed by atoms with van der Waals surface area (Å²) in [6.07, 6.45) is -10.2. The highest BCUT2D eigenvalue weighted by Crippen LogP contribution is 2.61. The molecule has 11 atom stereocenters. The van der Waals surface area contributed by atoms with Crippen LogP contribution in [-0.2, 0) is 60.3 Å². The number of carbonyl (C=O) groups is 2. The molecule has 0 spiro atoms. The number of nitrogens with zero attached hydrogens (tertiary/aromatic N) is 8. The molecule has 0 aliphatic carbocycles. The first kappa shape index (κ1) is 44.7. The molecule has 23 nitrogen and oxygen atoms in total. The lowest BCUT2D eigenvalue weighted by atomic mass is 9.98. The highest BCUT2D eigenvalue weighted by atomic mass is 31.2. The normalized spacial score (nSPS) is 32.5. The van der Waals surface area contributed by atoms with Crippen LogP contribution in [0.1, 0.15) is 67.3 Å². The average molecular weight is 903 g/mol. The van der Waals surface area contributed by atoms with Gasteiger partial charge in [0.05, 0.1) is 41.9 Å². The minimum atomic E-state index is -5.07. The lowest BCUT2D eigenvalue weighted by Gasteiger charge is -2.33. The van der Waals surface area contributed by atoms with Crippen molar-refractivity contribution in [2.45, 2.75) is 110 Å². The Morgan fingerprint density at radius 2 is 1.23 bits per heavy atom. The average Bonchev–Trinajstić information content (AvgIpc) is 3.95. The van der Waals surface area contributed by atoms with Crippen LogP contribution in [0, 0.1) is 10.8 Å². The number of imidazole rings is 2. The van der Waals surface area contributed by atoms with E-state index in [0.29, 0.717) is 0 Å². The minimum Gasteiger partial charge on any atom is -0.438 e. The summed E-state index contributed by atoms with van der Waals surface area (Å²) >= 11 is 0. The fourth-order valence-corrected chi connectivity index (χ4v) is 9.60. The van der Waals surface area contributed by atoms with Crippen LogP contribution in [0.15, 0.2) is 25.3 Å². The maximum Gasteiger partial charge on any atom is 0.478 e. The number of carbonyl (C=O) groups excluding carboxylic acids is 2. The molecule has 4 aromatic rings. The number of nitrogens with two attached hydrogens (primary N) is 2. The number of ether oxygens (including phenoxy) is 4. The van der Waals surface area contributed by atoms with Crippen molar-refractivity contribution in [3.8, 4) is 0 Å². The molecule has 334 valence electrons. The van der Waals surface area contributed by atoms with Gasteiger partial charge in [0, 0.05) is 0 Å². The molecule has 3 saturated heterocycles.